The maximum atomic E-state index is 14.5. The van der Waals surface area contributed by atoms with Crippen LogP contribution in [0.2, 0.25) is 0 Å². The summed E-state index contributed by atoms with van der Waals surface area (Å²) in [5.41, 5.74) is 11.3. The number of nitrogens with one attached hydrogen (secondary N) is 2. The van der Waals surface area contributed by atoms with Gasteiger partial charge in [0.25, 0.3) is 11.8 Å². The smallest absolute Gasteiger partial charge is 0.260 e. The van der Waals surface area contributed by atoms with Gasteiger partial charge in [-0.1, -0.05) is 32.0 Å². The number of aliphatic imine (C=N–C) groups is 2. The summed E-state index contributed by atoms with van der Waals surface area (Å²) in [7, 11) is 4.41. The highest BCUT2D eigenvalue weighted by atomic mass is 19.1. The van der Waals surface area contributed by atoms with Crippen LogP contribution in [0.4, 0.5) is 21.5 Å². The van der Waals surface area contributed by atoms with Gasteiger partial charge in [-0.05, 0) is 71.5 Å². The Morgan fingerprint density at radius 1 is 0.701 bits per heavy atom. The summed E-state index contributed by atoms with van der Waals surface area (Å²) in [6, 6.07) is 16.5. The monoisotopic (exact) mass is 913 g/mol. The number of fused-ring (bicyclic) bond motifs is 4. The van der Waals surface area contributed by atoms with E-state index in [-0.39, 0.29) is 60.6 Å². The lowest BCUT2D eigenvalue weighted by Crippen LogP contribution is -2.50. The molecule has 0 bridgehead atoms. The molecular weight excluding hydrogens is 862 g/mol. The lowest BCUT2D eigenvalue weighted by molar-refractivity contribution is -0.127. The average Bonchev–Trinajstić information content (AvgIpc) is 3.91. The molecular formula is C50H52FN7O9. The molecule has 348 valence electrons. The van der Waals surface area contributed by atoms with E-state index in [1.807, 2.05) is 32.2 Å². The van der Waals surface area contributed by atoms with Crippen LogP contribution in [0.5, 0.6) is 28.7 Å². The molecule has 16 nitrogen and oxygen atoms in total. The Kier molecular flexibility index (Phi) is 13.4. The van der Waals surface area contributed by atoms with Crippen molar-refractivity contribution in [1.82, 2.24) is 15.1 Å². The minimum Gasteiger partial charge on any atom is -0.494 e. The van der Waals surface area contributed by atoms with Crippen LogP contribution in [-0.4, -0.2) is 105 Å². The topological polar surface area (TPSA) is 196 Å². The molecule has 0 aliphatic carbocycles. The molecule has 17 heteroatoms. The summed E-state index contributed by atoms with van der Waals surface area (Å²) >= 11 is 0. The molecule has 0 unspecified atom stereocenters. The fourth-order valence-electron chi connectivity index (χ4n) is 8.13. The molecule has 4 heterocycles. The molecule has 4 amide bonds. The van der Waals surface area contributed by atoms with Crippen molar-refractivity contribution in [3.05, 3.63) is 107 Å². The number of benzene rings is 4. The largest absolute Gasteiger partial charge is 0.494 e. The van der Waals surface area contributed by atoms with Crippen molar-refractivity contribution in [3.63, 3.8) is 0 Å². The van der Waals surface area contributed by atoms with Gasteiger partial charge in [0.05, 0.1) is 75.2 Å². The highest BCUT2D eigenvalue weighted by Crippen LogP contribution is 2.42. The third-order valence-electron chi connectivity index (χ3n) is 12.1. The fraction of sp³-hybridized carbons (Fsp3) is 0.320. The van der Waals surface area contributed by atoms with E-state index < -0.39 is 17.9 Å². The fourth-order valence-corrected chi connectivity index (χ4v) is 8.13. The molecule has 4 aliphatic heterocycles. The molecule has 4 N–H and O–H groups in total. The molecule has 8 rings (SSSR count). The van der Waals surface area contributed by atoms with Crippen molar-refractivity contribution in [3.8, 4) is 28.7 Å². The molecule has 0 fully saturated rings. The molecule has 4 aliphatic rings. The van der Waals surface area contributed by atoms with Crippen LogP contribution in [0.25, 0.3) is 11.1 Å². The molecule has 4 aromatic carbocycles. The summed E-state index contributed by atoms with van der Waals surface area (Å²) in [4.78, 5) is 65.5. The lowest BCUT2D eigenvalue weighted by atomic mass is 10.0. The molecule has 0 spiro atoms. The van der Waals surface area contributed by atoms with Gasteiger partial charge in [-0.25, -0.2) is 4.39 Å². The molecule has 67 heavy (non-hydrogen) atoms. The molecule has 0 aromatic heterocycles. The highest BCUT2D eigenvalue weighted by Gasteiger charge is 2.35. The number of ether oxygens (including phenoxy) is 5. The zero-order chi connectivity index (χ0) is 47.5. The van der Waals surface area contributed by atoms with Crippen molar-refractivity contribution in [1.29, 1.82) is 0 Å². The van der Waals surface area contributed by atoms with Crippen LogP contribution >= 0.6 is 0 Å². The Hall–Kier alpha value is -7.53. The van der Waals surface area contributed by atoms with Crippen LogP contribution in [0, 0.1) is 11.7 Å². The Balaban J connectivity index is 0.864. The number of hydrogen-bond acceptors (Lipinski definition) is 12. The van der Waals surface area contributed by atoms with E-state index in [0.717, 1.165) is 16.7 Å². The first kappa shape index (κ1) is 46.0. The number of carbonyl (C=O) groups is 4. The Labute approximate surface area is 387 Å². The zero-order valence-corrected chi connectivity index (χ0v) is 38.0. The minimum atomic E-state index is -0.783. The minimum absolute atomic E-state index is 0.0647. The van der Waals surface area contributed by atoms with Gasteiger partial charge in [0, 0.05) is 61.9 Å². The van der Waals surface area contributed by atoms with E-state index in [1.165, 1.54) is 27.4 Å². The number of anilines is 1. The van der Waals surface area contributed by atoms with E-state index in [0.29, 0.717) is 76.0 Å². The second-order valence-corrected chi connectivity index (χ2v) is 16.8. The summed E-state index contributed by atoms with van der Waals surface area (Å²) in [6.07, 6.45) is 8.47. The van der Waals surface area contributed by atoms with E-state index >= 15 is 0 Å². The lowest BCUT2D eigenvalue weighted by Gasteiger charge is -2.19. The van der Waals surface area contributed by atoms with Crippen LogP contribution in [0.3, 0.4) is 0 Å². The van der Waals surface area contributed by atoms with Crippen molar-refractivity contribution < 1.29 is 47.3 Å². The van der Waals surface area contributed by atoms with Crippen molar-refractivity contribution in [2.75, 3.05) is 39.9 Å². The molecule has 0 saturated carbocycles. The van der Waals surface area contributed by atoms with Crippen LogP contribution in [0.1, 0.15) is 71.9 Å². The Morgan fingerprint density at radius 2 is 1.21 bits per heavy atom. The maximum absolute atomic E-state index is 14.5. The quantitative estimate of drug-likeness (QED) is 0.0979. The molecule has 4 atom stereocenters. The standard InChI is InChI=1S/C50H52FN7O9/c1-27(2)46(52)48(60)55-28(3)47(59)56-33-11-8-29(9-12-33)31-16-34-23-53-39-21-44(42(64-5)19-36(39)49(61)57(34)25-31)66-14-7-15-67-45-22-40-37(20-43(45)65-6)50(62)58-26-32(17-35(58)24-54-40)30-10-13-41(63-4)38(51)18-30/h8-13,18-28,34-35,46H,7,14-17,52H2,1-6H3,(H,55,60)(H,56,59)/t28-,34-,35-,46-/m0/s1. The summed E-state index contributed by atoms with van der Waals surface area (Å²) in [5, 5.41) is 5.48. The number of nitrogens with two attached hydrogens (primary N) is 1. The zero-order valence-electron chi connectivity index (χ0n) is 38.0. The first-order valence-corrected chi connectivity index (χ1v) is 21.9. The van der Waals surface area contributed by atoms with Gasteiger partial charge in [0.1, 0.15) is 6.04 Å². The van der Waals surface area contributed by atoms with Crippen LogP contribution in [-0.2, 0) is 9.59 Å². The number of halogens is 1. The van der Waals surface area contributed by atoms with Gasteiger partial charge in [-0.3, -0.25) is 29.2 Å². The van der Waals surface area contributed by atoms with E-state index in [9.17, 15) is 23.6 Å². The van der Waals surface area contributed by atoms with Crippen LogP contribution < -0.4 is 40.1 Å². The predicted octanol–water partition coefficient (Wildman–Crippen LogP) is 7.07. The number of nitrogens with zero attached hydrogens (tertiary/aromatic N) is 4. The number of hydrogen-bond donors (Lipinski definition) is 3. The molecule has 4 aromatic rings. The summed E-state index contributed by atoms with van der Waals surface area (Å²) in [5.74, 6) is -0.112. The Morgan fingerprint density at radius 3 is 1.70 bits per heavy atom. The number of rotatable bonds is 16. The number of amides is 4. The van der Waals surface area contributed by atoms with Crippen LogP contribution in [0.15, 0.2) is 89.1 Å². The first-order chi connectivity index (χ1) is 32.3. The molecule has 0 radical (unpaired) electrons. The second kappa shape index (κ2) is 19.5. The van der Waals surface area contributed by atoms with Gasteiger partial charge < -0.3 is 49.9 Å². The number of methoxy groups -OCH3 is 3. The second-order valence-electron chi connectivity index (χ2n) is 16.8. The highest BCUT2D eigenvalue weighted by molar-refractivity contribution is 6.06. The average molecular weight is 914 g/mol. The van der Waals surface area contributed by atoms with E-state index in [4.69, 9.17) is 34.4 Å². The van der Waals surface area contributed by atoms with E-state index in [2.05, 4.69) is 15.6 Å². The normalized spacial score (nSPS) is 17.8. The van der Waals surface area contributed by atoms with Gasteiger partial charge in [-0.15, -0.1) is 0 Å². The van der Waals surface area contributed by atoms with E-state index in [1.54, 1.807) is 83.9 Å². The van der Waals surface area contributed by atoms with Crippen molar-refractivity contribution in [2.45, 2.75) is 64.2 Å². The van der Waals surface area contributed by atoms with Crippen molar-refractivity contribution >= 4 is 64.3 Å². The van der Waals surface area contributed by atoms with Gasteiger partial charge >= 0.3 is 0 Å². The predicted molar refractivity (Wildman–Crippen MR) is 251 cm³/mol. The SMILES string of the molecule is COc1ccc(C2=CN3C(=O)c4cc(OC)c(OCCCOc5cc6c(cc5OC)C(=O)N5C=C(c7ccc(NC(=O)[C@H](C)NC(=O)[C@@H](N)C(C)C)cc7)C[C@H]5C=N6)cc4N=C[C@@H]3C2)cc1F. The third kappa shape index (κ3) is 9.59. The van der Waals surface area contributed by atoms with Gasteiger partial charge in [0.2, 0.25) is 11.8 Å². The first-order valence-electron chi connectivity index (χ1n) is 21.9. The van der Waals surface area contributed by atoms with Gasteiger partial charge in [-0.2, -0.15) is 0 Å². The van der Waals surface area contributed by atoms with Crippen molar-refractivity contribution in [2.24, 2.45) is 21.6 Å². The molecule has 0 saturated heterocycles. The maximum Gasteiger partial charge on any atom is 0.260 e. The number of carbonyl (C=O) groups excluding carboxylic acids is 4. The summed E-state index contributed by atoms with van der Waals surface area (Å²) < 4.78 is 43.1. The Bertz CT molecular complexity index is 2730. The van der Waals surface area contributed by atoms with Gasteiger partial charge in [0.15, 0.2) is 34.6 Å². The summed E-state index contributed by atoms with van der Waals surface area (Å²) in [6.45, 7) is 5.76. The third-order valence-corrected chi connectivity index (χ3v) is 12.1.